The predicted octanol–water partition coefficient (Wildman–Crippen LogP) is 2.59. The Bertz CT molecular complexity index is 443. The Morgan fingerprint density at radius 3 is 2.93 bits per heavy atom. The summed E-state index contributed by atoms with van der Waals surface area (Å²) < 4.78 is 0. The normalized spacial score (nSPS) is 15.6. The fourth-order valence-corrected chi connectivity index (χ4v) is 1.93. The van der Waals surface area contributed by atoms with Crippen molar-refractivity contribution in [2.75, 3.05) is 13.1 Å². The summed E-state index contributed by atoms with van der Waals surface area (Å²) in [4.78, 5) is 0. The quantitative estimate of drug-likeness (QED) is 0.787. The lowest BCUT2D eigenvalue weighted by atomic mass is 9.96. The van der Waals surface area contributed by atoms with Gasteiger partial charge in [-0.2, -0.15) is 5.26 Å². The van der Waals surface area contributed by atoms with Crippen molar-refractivity contribution in [1.82, 2.24) is 5.32 Å². The lowest BCUT2D eigenvalue weighted by Crippen LogP contribution is -2.20. The van der Waals surface area contributed by atoms with E-state index in [4.69, 9.17) is 16.9 Å². The summed E-state index contributed by atoms with van der Waals surface area (Å²) in [6.45, 7) is 1.85. The summed E-state index contributed by atoms with van der Waals surface area (Å²) in [5.74, 6) is 0. The number of halogens is 1. The molecular formula is C12H11ClN2. The first kappa shape index (κ1) is 10.2. The van der Waals surface area contributed by atoms with Crippen LogP contribution in [0.2, 0.25) is 5.02 Å². The Hall–Kier alpha value is -1.30. The lowest BCUT2D eigenvalue weighted by molar-refractivity contribution is 0.738. The number of hydrogen-bond acceptors (Lipinski definition) is 2. The molecule has 0 radical (unpaired) electrons. The first-order chi connectivity index (χ1) is 7.31. The van der Waals surface area contributed by atoms with Crippen molar-refractivity contribution in [3.63, 3.8) is 0 Å². The first-order valence-corrected chi connectivity index (χ1v) is 5.29. The molecule has 2 rings (SSSR count). The Morgan fingerprint density at radius 2 is 2.27 bits per heavy atom. The maximum Gasteiger partial charge on any atom is 0.0998 e. The van der Waals surface area contributed by atoms with Gasteiger partial charge in [-0.25, -0.2) is 0 Å². The predicted molar refractivity (Wildman–Crippen MR) is 61.6 cm³/mol. The minimum Gasteiger partial charge on any atom is -0.313 e. The fraction of sp³-hybridized carbons (Fsp3) is 0.250. The van der Waals surface area contributed by atoms with Gasteiger partial charge in [-0.05, 0) is 36.2 Å². The molecule has 1 heterocycles. The first-order valence-electron chi connectivity index (χ1n) is 4.91. The summed E-state index contributed by atoms with van der Waals surface area (Å²) in [5.41, 5.74) is 2.92. The summed E-state index contributed by atoms with van der Waals surface area (Å²) in [7, 11) is 0. The van der Waals surface area contributed by atoms with E-state index in [1.807, 2.05) is 12.1 Å². The highest BCUT2D eigenvalue weighted by Crippen LogP contribution is 2.25. The van der Waals surface area contributed by atoms with Crippen LogP contribution in [0.4, 0.5) is 0 Å². The summed E-state index contributed by atoms with van der Waals surface area (Å²) >= 11 is 5.85. The standard InChI is InChI=1S/C12H11ClN2/c13-11-1-2-12(10(7-11)8-14)9-3-5-15-6-4-9/h1-3,7,15H,4-6H2. The van der Waals surface area contributed by atoms with Crippen LogP contribution in [0.5, 0.6) is 0 Å². The second kappa shape index (κ2) is 4.48. The second-order valence-corrected chi connectivity index (χ2v) is 3.92. The monoisotopic (exact) mass is 218 g/mol. The molecule has 0 unspecified atom stereocenters. The van der Waals surface area contributed by atoms with Crippen molar-refractivity contribution >= 4 is 17.2 Å². The number of rotatable bonds is 1. The van der Waals surface area contributed by atoms with Gasteiger partial charge in [0.25, 0.3) is 0 Å². The van der Waals surface area contributed by atoms with E-state index in [-0.39, 0.29) is 0 Å². The van der Waals surface area contributed by atoms with Crippen LogP contribution in [0.3, 0.4) is 0 Å². The van der Waals surface area contributed by atoms with Crippen molar-refractivity contribution in [3.8, 4) is 6.07 Å². The minimum atomic E-state index is 0.616. The Kier molecular flexibility index (Phi) is 3.05. The zero-order valence-electron chi connectivity index (χ0n) is 8.26. The average molecular weight is 219 g/mol. The molecule has 1 aliphatic heterocycles. The molecule has 0 bridgehead atoms. The maximum atomic E-state index is 9.02. The minimum absolute atomic E-state index is 0.616. The van der Waals surface area contributed by atoms with E-state index in [1.165, 1.54) is 5.57 Å². The smallest absolute Gasteiger partial charge is 0.0998 e. The van der Waals surface area contributed by atoms with Crippen LogP contribution in [0.15, 0.2) is 24.3 Å². The van der Waals surface area contributed by atoms with Crippen molar-refractivity contribution < 1.29 is 0 Å². The number of nitrogens with zero attached hydrogens (tertiary/aromatic N) is 1. The third-order valence-corrected chi connectivity index (χ3v) is 2.75. The molecule has 0 saturated carbocycles. The summed E-state index contributed by atoms with van der Waals surface area (Å²) in [5, 5.41) is 12.9. The highest BCUT2D eigenvalue weighted by molar-refractivity contribution is 6.30. The number of benzene rings is 1. The van der Waals surface area contributed by atoms with Crippen molar-refractivity contribution in [1.29, 1.82) is 5.26 Å². The fourth-order valence-electron chi connectivity index (χ4n) is 1.76. The van der Waals surface area contributed by atoms with Crippen LogP contribution in [0.1, 0.15) is 17.5 Å². The SMILES string of the molecule is N#Cc1cc(Cl)ccc1C1=CCNCC1. The van der Waals surface area contributed by atoms with Gasteiger partial charge in [0, 0.05) is 11.6 Å². The van der Waals surface area contributed by atoms with Gasteiger partial charge in [0.2, 0.25) is 0 Å². The van der Waals surface area contributed by atoms with Gasteiger partial charge in [0.15, 0.2) is 0 Å². The van der Waals surface area contributed by atoms with Crippen LogP contribution in [-0.4, -0.2) is 13.1 Å². The van der Waals surface area contributed by atoms with Gasteiger partial charge in [-0.15, -0.1) is 0 Å². The number of nitriles is 1. The molecule has 0 atom stereocenters. The molecule has 1 aliphatic rings. The topological polar surface area (TPSA) is 35.8 Å². The Morgan fingerprint density at radius 1 is 1.40 bits per heavy atom. The zero-order chi connectivity index (χ0) is 10.7. The van der Waals surface area contributed by atoms with Crippen LogP contribution >= 0.6 is 11.6 Å². The summed E-state index contributed by atoms with van der Waals surface area (Å²) in [6, 6.07) is 7.67. The zero-order valence-corrected chi connectivity index (χ0v) is 9.01. The third kappa shape index (κ3) is 2.20. The van der Waals surface area contributed by atoms with Gasteiger partial charge in [0.05, 0.1) is 11.6 Å². The molecule has 0 aliphatic carbocycles. The van der Waals surface area contributed by atoms with E-state index in [1.54, 1.807) is 6.07 Å². The Balaban J connectivity index is 2.43. The molecule has 1 aromatic rings. The van der Waals surface area contributed by atoms with Crippen molar-refractivity contribution in [2.45, 2.75) is 6.42 Å². The van der Waals surface area contributed by atoms with Gasteiger partial charge in [0.1, 0.15) is 0 Å². The maximum absolute atomic E-state index is 9.02. The van der Waals surface area contributed by atoms with Crippen LogP contribution in [0.25, 0.3) is 5.57 Å². The van der Waals surface area contributed by atoms with Gasteiger partial charge < -0.3 is 5.32 Å². The largest absolute Gasteiger partial charge is 0.313 e. The molecule has 0 amide bonds. The molecule has 0 saturated heterocycles. The summed E-state index contributed by atoms with van der Waals surface area (Å²) in [6.07, 6.45) is 3.10. The van der Waals surface area contributed by atoms with E-state index in [9.17, 15) is 0 Å². The van der Waals surface area contributed by atoms with Crippen molar-refractivity contribution in [3.05, 3.63) is 40.4 Å². The molecule has 0 aromatic heterocycles. The molecule has 2 nitrogen and oxygen atoms in total. The average Bonchev–Trinajstić information content (AvgIpc) is 2.30. The molecule has 15 heavy (non-hydrogen) atoms. The number of nitrogens with one attached hydrogen (secondary N) is 1. The molecule has 1 aromatic carbocycles. The molecule has 76 valence electrons. The van der Waals surface area contributed by atoms with Gasteiger partial charge >= 0.3 is 0 Å². The highest BCUT2D eigenvalue weighted by Gasteiger charge is 2.10. The highest BCUT2D eigenvalue weighted by atomic mass is 35.5. The molecule has 0 spiro atoms. The van der Waals surface area contributed by atoms with E-state index >= 15 is 0 Å². The Labute approximate surface area is 94.2 Å². The van der Waals surface area contributed by atoms with Crippen LogP contribution in [0, 0.1) is 11.3 Å². The third-order valence-electron chi connectivity index (χ3n) is 2.51. The lowest BCUT2D eigenvalue weighted by Gasteiger charge is -2.15. The molecule has 1 N–H and O–H groups in total. The molecule has 3 heteroatoms. The molecular weight excluding hydrogens is 208 g/mol. The van der Waals surface area contributed by atoms with Gasteiger partial charge in [-0.3, -0.25) is 0 Å². The van der Waals surface area contributed by atoms with Crippen molar-refractivity contribution in [2.24, 2.45) is 0 Å². The van der Waals surface area contributed by atoms with Crippen LogP contribution in [-0.2, 0) is 0 Å². The molecule has 0 fully saturated rings. The van der Waals surface area contributed by atoms with E-state index in [0.717, 1.165) is 25.1 Å². The van der Waals surface area contributed by atoms with E-state index in [0.29, 0.717) is 10.6 Å². The van der Waals surface area contributed by atoms with E-state index < -0.39 is 0 Å². The van der Waals surface area contributed by atoms with E-state index in [2.05, 4.69) is 17.5 Å². The number of hydrogen-bond donors (Lipinski definition) is 1. The van der Waals surface area contributed by atoms with Crippen LogP contribution < -0.4 is 5.32 Å². The van der Waals surface area contributed by atoms with Gasteiger partial charge in [-0.1, -0.05) is 23.7 Å². The second-order valence-electron chi connectivity index (χ2n) is 3.49.